The zero-order chi connectivity index (χ0) is 8.91. The number of rotatable bonds is 5. The van der Waals surface area contributed by atoms with E-state index in [-0.39, 0.29) is 11.6 Å². The predicted molar refractivity (Wildman–Crippen MR) is 47.6 cm³/mol. The summed E-state index contributed by atoms with van der Waals surface area (Å²) in [6, 6.07) is 0.176. The number of hydrogen-bond donors (Lipinski definition) is 2. The SMILES string of the molecule is CNC[C@@H](N)CC(C)(C)OC. The highest BCUT2D eigenvalue weighted by Crippen LogP contribution is 2.13. The van der Waals surface area contributed by atoms with Crippen molar-refractivity contribution in [3.05, 3.63) is 0 Å². The van der Waals surface area contributed by atoms with E-state index in [0.29, 0.717) is 0 Å². The fourth-order valence-corrected chi connectivity index (χ4v) is 1.05. The van der Waals surface area contributed by atoms with Crippen LogP contribution in [0.4, 0.5) is 0 Å². The fourth-order valence-electron chi connectivity index (χ4n) is 1.05. The summed E-state index contributed by atoms with van der Waals surface area (Å²) >= 11 is 0. The van der Waals surface area contributed by atoms with Crippen molar-refractivity contribution in [2.24, 2.45) is 5.73 Å². The number of nitrogens with two attached hydrogens (primary N) is 1. The standard InChI is InChI=1S/C8H20N2O/c1-8(2,11-4)5-7(9)6-10-3/h7,10H,5-6,9H2,1-4H3/t7-/m0/s1. The van der Waals surface area contributed by atoms with Crippen molar-refractivity contribution in [1.82, 2.24) is 5.32 Å². The van der Waals surface area contributed by atoms with E-state index in [2.05, 4.69) is 5.32 Å². The predicted octanol–water partition coefficient (Wildman–Crippen LogP) is 0.348. The monoisotopic (exact) mass is 160 g/mol. The molecule has 0 aliphatic rings. The van der Waals surface area contributed by atoms with E-state index in [4.69, 9.17) is 10.5 Å². The normalized spacial score (nSPS) is 15.0. The molecule has 0 rings (SSSR count). The van der Waals surface area contributed by atoms with Gasteiger partial charge in [-0.25, -0.2) is 0 Å². The van der Waals surface area contributed by atoms with E-state index < -0.39 is 0 Å². The Balaban J connectivity index is 3.64. The molecule has 0 aliphatic carbocycles. The van der Waals surface area contributed by atoms with Gasteiger partial charge in [0.2, 0.25) is 0 Å². The second-order valence-corrected chi connectivity index (χ2v) is 3.49. The number of ether oxygens (including phenoxy) is 1. The Labute approximate surface area is 69.3 Å². The van der Waals surface area contributed by atoms with Gasteiger partial charge in [-0.15, -0.1) is 0 Å². The molecule has 0 saturated carbocycles. The van der Waals surface area contributed by atoms with Crippen LogP contribution in [-0.4, -0.2) is 32.3 Å². The second kappa shape index (κ2) is 4.70. The van der Waals surface area contributed by atoms with Crippen LogP contribution in [-0.2, 0) is 4.74 Å². The molecule has 68 valence electrons. The highest BCUT2D eigenvalue weighted by Gasteiger charge is 2.19. The van der Waals surface area contributed by atoms with Crippen molar-refractivity contribution in [1.29, 1.82) is 0 Å². The summed E-state index contributed by atoms with van der Waals surface area (Å²) in [5.74, 6) is 0. The number of methoxy groups -OCH3 is 1. The third-order valence-electron chi connectivity index (χ3n) is 1.77. The second-order valence-electron chi connectivity index (χ2n) is 3.49. The molecule has 0 saturated heterocycles. The lowest BCUT2D eigenvalue weighted by Gasteiger charge is -2.26. The molecule has 0 aliphatic heterocycles. The summed E-state index contributed by atoms with van der Waals surface area (Å²) in [5.41, 5.74) is 5.70. The third-order valence-corrected chi connectivity index (χ3v) is 1.77. The minimum atomic E-state index is -0.101. The van der Waals surface area contributed by atoms with E-state index in [1.807, 2.05) is 20.9 Å². The average molecular weight is 160 g/mol. The molecule has 0 spiro atoms. The van der Waals surface area contributed by atoms with Crippen LogP contribution in [0.2, 0.25) is 0 Å². The minimum absolute atomic E-state index is 0.101. The summed E-state index contributed by atoms with van der Waals surface area (Å²) in [7, 11) is 3.62. The number of hydrogen-bond acceptors (Lipinski definition) is 3. The van der Waals surface area contributed by atoms with E-state index in [1.165, 1.54) is 0 Å². The Morgan fingerprint density at radius 3 is 2.45 bits per heavy atom. The first kappa shape index (κ1) is 10.9. The molecule has 11 heavy (non-hydrogen) atoms. The molecular weight excluding hydrogens is 140 g/mol. The zero-order valence-corrected chi connectivity index (χ0v) is 7.98. The molecule has 0 amide bonds. The number of nitrogens with one attached hydrogen (secondary N) is 1. The molecule has 0 bridgehead atoms. The fraction of sp³-hybridized carbons (Fsp3) is 1.00. The maximum absolute atomic E-state index is 5.80. The maximum Gasteiger partial charge on any atom is 0.0638 e. The third kappa shape index (κ3) is 5.18. The van der Waals surface area contributed by atoms with Gasteiger partial charge in [0, 0.05) is 19.7 Å². The Bertz CT molecular complexity index is 104. The van der Waals surface area contributed by atoms with Crippen molar-refractivity contribution in [3.63, 3.8) is 0 Å². The average Bonchev–Trinajstić information content (AvgIpc) is 1.87. The first-order valence-corrected chi connectivity index (χ1v) is 3.97. The molecule has 3 heteroatoms. The van der Waals surface area contributed by atoms with Crippen molar-refractivity contribution in [2.45, 2.75) is 31.9 Å². The zero-order valence-electron chi connectivity index (χ0n) is 7.98. The first-order chi connectivity index (χ1) is 5.02. The van der Waals surface area contributed by atoms with Gasteiger partial charge in [0.1, 0.15) is 0 Å². The molecule has 0 aromatic rings. The molecule has 3 N–H and O–H groups in total. The Morgan fingerprint density at radius 1 is 1.55 bits per heavy atom. The Morgan fingerprint density at radius 2 is 2.09 bits per heavy atom. The highest BCUT2D eigenvalue weighted by molar-refractivity contribution is 4.76. The van der Waals surface area contributed by atoms with Crippen LogP contribution in [0.3, 0.4) is 0 Å². The van der Waals surface area contributed by atoms with E-state index >= 15 is 0 Å². The number of likely N-dealkylation sites (N-methyl/N-ethyl adjacent to an activating group) is 1. The van der Waals surface area contributed by atoms with Crippen molar-refractivity contribution >= 4 is 0 Å². The van der Waals surface area contributed by atoms with Crippen LogP contribution in [0.25, 0.3) is 0 Å². The van der Waals surface area contributed by atoms with E-state index in [0.717, 1.165) is 13.0 Å². The van der Waals surface area contributed by atoms with Crippen LogP contribution in [0, 0.1) is 0 Å². The minimum Gasteiger partial charge on any atom is -0.379 e. The topological polar surface area (TPSA) is 47.3 Å². The van der Waals surface area contributed by atoms with Gasteiger partial charge in [0.15, 0.2) is 0 Å². The molecular formula is C8H20N2O. The molecule has 3 nitrogen and oxygen atoms in total. The Kier molecular flexibility index (Phi) is 4.65. The van der Waals surface area contributed by atoms with Crippen LogP contribution in [0.15, 0.2) is 0 Å². The molecule has 0 aromatic heterocycles. The first-order valence-electron chi connectivity index (χ1n) is 3.97. The summed E-state index contributed by atoms with van der Waals surface area (Å²) in [5, 5.41) is 3.03. The smallest absolute Gasteiger partial charge is 0.0638 e. The molecule has 0 heterocycles. The lowest BCUT2D eigenvalue weighted by molar-refractivity contribution is 0.0103. The van der Waals surface area contributed by atoms with Gasteiger partial charge in [-0.05, 0) is 27.3 Å². The van der Waals surface area contributed by atoms with Crippen LogP contribution in [0.5, 0.6) is 0 Å². The molecule has 1 atom stereocenters. The quantitative estimate of drug-likeness (QED) is 0.610. The van der Waals surface area contributed by atoms with Gasteiger partial charge in [0.05, 0.1) is 5.60 Å². The van der Waals surface area contributed by atoms with Gasteiger partial charge in [-0.2, -0.15) is 0 Å². The summed E-state index contributed by atoms with van der Waals surface area (Å²) in [4.78, 5) is 0. The van der Waals surface area contributed by atoms with E-state index in [1.54, 1.807) is 7.11 Å². The summed E-state index contributed by atoms with van der Waals surface area (Å²) < 4.78 is 5.25. The van der Waals surface area contributed by atoms with Crippen LogP contribution < -0.4 is 11.1 Å². The Hall–Kier alpha value is -0.120. The van der Waals surface area contributed by atoms with Crippen molar-refractivity contribution < 1.29 is 4.74 Å². The molecule has 0 fully saturated rings. The van der Waals surface area contributed by atoms with Crippen LogP contribution >= 0.6 is 0 Å². The lowest BCUT2D eigenvalue weighted by Crippen LogP contribution is -2.39. The summed E-state index contributed by atoms with van der Waals surface area (Å²) in [6.07, 6.45) is 0.879. The van der Waals surface area contributed by atoms with Gasteiger partial charge < -0.3 is 15.8 Å². The van der Waals surface area contributed by atoms with E-state index in [9.17, 15) is 0 Å². The molecule has 0 radical (unpaired) electrons. The van der Waals surface area contributed by atoms with Crippen molar-refractivity contribution in [2.75, 3.05) is 20.7 Å². The lowest BCUT2D eigenvalue weighted by atomic mass is 9.99. The van der Waals surface area contributed by atoms with Crippen molar-refractivity contribution in [3.8, 4) is 0 Å². The highest BCUT2D eigenvalue weighted by atomic mass is 16.5. The van der Waals surface area contributed by atoms with Gasteiger partial charge in [0.25, 0.3) is 0 Å². The summed E-state index contributed by atoms with van der Waals surface area (Å²) in [6.45, 7) is 4.93. The largest absolute Gasteiger partial charge is 0.379 e. The maximum atomic E-state index is 5.80. The molecule has 0 unspecified atom stereocenters. The molecule has 0 aromatic carbocycles. The van der Waals surface area contributed by atoms with Gasteiger partial charge in [-0.3, -0.25) is 0 Å². The van der Waals surface area contributed by atoms with Crippen LogP contribution in [0.1, 0.15) is 20.3 Å². The van der Waals surface area contributed by atoms with Gasteiger partial charge >= 0.3 is 0 Å². The van der Waals surface area contributed by atoms with Gasteiger partial charge in [-0.1, -0.05) is 0 Å².